The lowest BCUT2D eigenvalue weighted by molar-refractivity contribution is 0.0909. The number of carbonyl (C=O) groups excluding carboxylic acids is 1. The van der Waals surface area contributed by atoms with Gasteiger partial charge < -0.3 is 5.32 Å². The summed E-state index contributed by atoms with van der Waals surface area (Å²) in [6, 6.07) is 17.9. The number of carbonyl (C=O) groups is 1. The summed E-state index contributed by atoms with van der Waals surface area (Å²) in [6.45, 7) is 3.00. The molecule has 1 aliphatic heterocycles. The molecule has 0 spiro atoms. The van der Waals surface area contributed by atoms with Gasteiger partial charge in [0, 0.05) is 36.3 Å². The van der Waals surface area contributed by atoms with Crippen LogP contribution in [0.5, 0.6) is 0 Å². The van der Waals surface area contributed by atoms with Crippen LogP contribution in [0.4, 0.5) is 0 Å². The quantitative estimate of drug-likeness (QED) is 0.927. The fourth-order valence-corrected chi connectivity index (χ4v) is 3.17. The zero-order chi connectivity index (χ0) is 16.1. The summed E-state index contributed by atoms with van der Waals surface area (Å²) in [5, 5.41) is 3.72. The van der Waals surface area contributed by atoms with Crippen molar-refractivity contribution in [1.82, 2.24) is 10.2 Å². The van der Waals surface area contributed by atoms with Crippen molar-refractivity contribution in [3.63, 3.8) is 0 Å². The van der Waals surface area contributed by atoms with Crippen molar-refractivity contribution in [1.29, 1.82) is 0 Å². The van der Waals surface area contributed by atoms with Gasteiger partial charge in [0.2, 0.25) is 0 Å². The van der Waals surface area contributed by atoms with E-state index in [1.807, 2.05) is 6.07 Å². The Kier molecular flexibility index (Phi) is 5.31. The second-order valence-electron chi connectivity index (χ2n) is 6.02. The van der Waals surface area contributed by atoms with Gasteiger partial charge in [-0.2, -0.15) is 0 Å². The van der Waals surface area contributed by atoms with E-state index in [0.29, 0.717) is 10.6 Å². The Bertz CT molecular complexity index is 651. The molecule has 4 heteroatoms. The Morgan fingerprint density at radius 1 is 1.09 bits per heavy atom. The largest absolute Gasteiger partial charge is 0.349 e. The van der Waals surface area contributed by atoms with E-state index in [4.69, 9.17) is 11.6 Å². The van der Waals surface area contributed by atoms with Crippen LogP contribution >= 0.6 is 11.6 Å². The summed E-state index contributed by atoms with van der Waals surface area (Å²) in [5.74, 6) is -0.0333. The summed E-state index contributed by atoms with van der Waals surface area (Å²) in [5.41, 5.74) is 1.97. The average molecular weight is 329 g/mol. The molecular weight excluding hydrogens is 308 g/mol. The van der Waals surface area contributed by atoms with Gasteiger partial charge >= 0.3 is 0 Å². The standard InChI is InChI=1S/C19H21ClN2O/c20-17-8-4-7-16(13-17)19(23)21-18-9-11-22(12-10-18)14-15-5-2-1-3-6-15/h1-8,13,18H,9-12,14H2,(H,21,23). The molecule has 1 N–H and O–H groups in total. The number of benzene rings is 2. The van der Waals surface area contributed by atoms with Crippen molar-refractivity contribution in [3.05, 3.63) is 70.7 Å². The van der Waals surface area contributed by atoms with Crippen molar-refractivity contribution in [3.8, 4) is 0 Å². The van der Waals surface area contributed by atoms with Crippen LogP contribution < -0.4 is 5.32 Å². The normalized spacial score (nSPS) is 16.2. The first kappa shape index (κ1) is 16.0. The summed E-state index contributed by atoms with van der Waals surface area (Å²) < 4.78 is 0. The van der Waals surface area contributed by atoms with Gasteiger partial charge in [0.1, 0.15) is 0 Å². The highest BCUT2D eigenvalue weighted by Gasteiger charge is 2.21. The third-order valence-electron chi connectivity index (χ3n) is 4.26. The van der Waals surface area contributed by atoms with Crippen LogP contribution in [0.1, 0.15) is 28.8 Å². The van der Waals surface area contributed by atoms with Gasteiger partial charge in [-0.1, -0.05) is 48.0 Å². The predicted octanol–water partition coefficient (Wildman–Crippen LogP) is 3.73. The van der Waals surface area contributed by atoms with Crippen molar-refractivity contribution in [2.75, 3.05) is 13.1 Å². The molecule has 0 saturated carbocycles. The molecule has 3 nitrogen and oxygen atoms in total. The monoisotopic (exact) mass is 328 g/mol. The number of hydrogen-bond acceptors (Lipinski definition) is 2. The van der Waals surface area contributed by atoms with Crippen molar-refractivity contribution in [2.45, 2.75) is 25.4 Å². The zero-order valence-corrected chi connectivity index (χ0v) is 13.8. The van der Waals surface area contributed by atoms with Gasteiger partial charge in [-0.05, 0) is 36.6 Å². The van der Waals surface area contributed by atoms with E-state index in [9.17, 15) is 4.79 Å². The van der Waals surface area contributed by atoms with Gasteiger partial charge in [-0.15, -0.1) is 0 Å². The van der Waals surface area contributed by atoms with E-state index in [0.717, 1.165) is 32.5 Å². The Balaban J connectivity index is 1.48. The number of piperidine rings is 1. The number of rotatable bonds is 4. The van der Waals surface area contributed by atoms with E-state index < -0.39 is 0 Å². The fraction of sp³-hybridized carbons (Fsp3) is 0.316. The lowest BCUT2D eigenvalue weighted by Gasteiger charge is -2.32. The molecule has 1 amide bonds. The summed E-state index contributed by atoms with van der Waals surface area (Å²) in [4.78, 5) is 14.7. The molecular formula is C19H21ClN2O. The minimum atomic E-state index is -0.0333. The van der Waals surface area contributed by atoms with Crippen LogP contribution in [-0.4, -0.2) is 29.9 Å². The van der Waals surface area contributed by atoms with Crippen LogP contribution in [0.25, 0.3) is 0 Å². The van der Waals surface area contributed by atoms with Crippen LogP contribution in [0.15, 0.2) is 54.6 Å². The van der Waals surface area contributed by atoms with Crippen LogP contribution in [0, 0.1) is 0 Å². The second-order valence-corrected chi connectivity index (χ2v) is 6.46. The Hall–Kier alpha value is -1.84. The minimum Gasteiger partial charge on any atom is -0.349 e. The molecule has 1 saturated heterocycles. The van der Waals surface area contributed by atoms with E-state index in [1.54, 1.807) is 24.3 Å². The Morgan fingerprint density at radius 3 is 2.52 bits per heavy atom. The molecule has 0 aliphatic carbocycles. The van der Waals surface area contributed by atoms with Gasteiger partial charge in [-0.25, -0.2) is 0 Å². The van der Waals surface area contributed by atoms with E-state index in [1.165, 1.54) is 5.56 Å². The molecule has 0 atom stereocenters. The fourth-order valence-electron chi connectivity index (χ4n) is 2.98. The minimum absolute atomic E-state index is 0.0333. The molecule has 1 heterocycles. The molecule has 2 aromatic carbocycles. The molecule has 120 valence electrons. The zero-order valence-electron chi connectivity index (χ0n) is 13.0. The molecule has 0 bridgehead atoms. The lowest BCUT2D eigenvalue weighted by Crippen LogP contribution is -2.44. The first-order valence-corrected chi connectivity index (χ1v) is 8.41. The van der Waals surface area contributed by atoms with E-state index in [-0.39, 0.29) is 11.9 Å². The number of amides is 1. The number of nitrogens with zero attached hydrogens (tertiary/aromatic N) is 1. The van der Waals surface area contributed by atoms with Gasteiger partial charge in [0.05, 0.1) is 0 Å². The smallest absolute Gasteiger partial charge is 0.251 e. The topological polar surface area (TPSA) is 32.3 Å². The third kappa shape index (κ3) is 4.57. The maximum absolute atomic E-state index is 12.3. The van der Waals surface area contributed by atoms with E-state index >= 15 is 0 Å². The maximum Gasteiger partial charge on any atom is 0.251 e. The molecule has 0 radical (unpaired) electrons. The summed E-state index contributed by atoms with van der Waals surface area (Å²) in [6.07, 6.45) is 1.97. The van der Waals surface area contributed by atoms with Crippen molar-refractivity contribution < 1.29 is 4.79 Å². The number of hydrogen-bond donors (Lipinski definition) is 1. The highest BCUT2D eigenvalue weighted by Crippen LogP contribution is 2.15. The third-order valence-corrected chi connectivity index (χ3v) is 4.49. The van der Waals surface area contributed by atoms with Gasteiger partial charge in [0.15, 0.2) is 0 Å². The van der Waals surface area contributed by atoms with E-state index in [2.05, 4.69) is 34.5 Å². The summed E-state index contributed by atoms with van der Waals surface area (Å²) >= 11 is 5.94. The lowest BCUT2D eigenvalue weighted by atomic mass is 10.0. The molecule has 2 aromatic rings. The van der Waals surface area contributed by atoms with Crippen molar-refractivity contribution in [2.24, 2.45) is 0 Å². The number of nitrogens with one attached hydrogen (secondary N) is 1. The van der Waals surface area contributed by atoms with Gasteiger partial charge in [0.25, 0.3) is 5.91 Å². The summed E-state index contributed by atoms with van der Waals surface area (Å²) in [7, 11) is 0. The molecule has 3 rings (SSSR count). The van der Waals surface area contributed by atoms with Gasteiger partial charge in [-0.3, -0.25) is 9.69 Å². The second kappa shape index (κ2) is 7.62. The SMILES string of the molecule is O=C(NC1CCN(Cc2ccccc2)CC1)c1cccc(Cl)c1. The number of halogens is 1. The Labute approximate surface area is 142 Å². The highest BCUT2D eigenvalue weighted by molar-refractivity contribution is 6.30. The molecule has 23 heavy (non-hydrogen) atoms. The maximum atomic E-state index is 12.3. The molecule has 1 fully saturated rings. The average Bonchev–Trinajstić information content (AvgIpc) is 2.57. The van der Waals surface area contributed by atoms with Crippen LogP contribution in [0.2, 0.25) is 5.02 Å². The number of likely N-dealkylation sites (tertiary alicyclic amines) is 1. The molecule has 0 aromatic heterocycles. The molecule has 1 aliphatic rings. The van der Waals surface area contributed by atoms with Crippen LogP contribution in [0.3, 0.4) is 0 Å². The van der Waals surface area contributed by atoms with Crippen LogP contribution in [-0.2, 0) is 6.54 Å². The predicted molar refractivity (Wildman–Crippen MR) is 93.7 cm³/mol. The van der Waals surface area contributed by atoms with Crippen molar-refractivity contribution >= 4 is 17.5 Å². The first-order chi connectivity index (χ1) is 11.2. The molecule has 0 unspecified atom stereocenters. The first-order valence-electron chi connectivity index (χ1n) is 8.03. The highest BCUT2D eigenvalue weighted by atomic mass is 35.5. The Morgan fingerprint density at radius 2 is 1.83 bits per heavy atom.